The number of fused-ring (bicyclic) bond motifs is 6. The number of amides is 1. The van der Waals surface area contributed by atoms with E-state index >= 15 is 0 Å². The minimum absolute atomic E-state index is 0.226. The number of ether oxygens (including phenoxy) is 1. The number of rotatable bonds is 0. The third-order valence-electron chi connectivity index (χ3n) is 6.16. The molecule has 0 saturated carbocycles. The molecule has 11 heteroatoms. The van der Waals surface area contributed by atoms with Crippen molar-refractivity contribution in [3.05, 3.63) is 41.5 Å². The molecule has 31 heavy (non-hydrogen) atoms. The Balaban J connectivity index is 1.48. The number of carbonyl (C=O) groups is 1. The fourth-order valence-corrected chi connectivity index (χ4v) is 4.63. The third-order valence-corrected chi connectivity index (χ3v) is 6.16. The maximum Gasteiger partial charge on any atom is 0.257 e. The highest BCUT2D eigenvalue weighted by Gasteiger charge is 2.39. The Bertz CT molecular complexity index is 1060. The van der Waals surface area contributed by atoms with E-state index in [-0.39, 0.29) is 30.3 Å². The fourth-order valence-electron chi connectivity index (χ4n) is 4.63. The number of pyridine rings is 1. The minimum Gasteiger partial charge on any atom is -0.471 e. The van der Waals surface area contributed by atoms with Gasteiger partial charge in [0.2, 0.25) is 5.88 Å². The number of hydrogen-bond acceptors (Lipinski definition) is 8. The van der Waals surface area contributed by atoms with Gasteiger partial charge in [-0.05, 0) is 31.5 Å². The zero-order valence-electron chi connectivity index (χ0n) is 16.6. The van der Waals surface area contributed by atoms with Crippen LogP contribution in [0.25, 0.3) is 6.20 Å². The summed E-state index contributed by atoms with van der Waals surface area (Å²) >= 11 is 0. The summed E-state index contributed by atoms with van der Waals surface area (Å²) in [5, 5.41) is 15.8. The molecule has 162 valence electrons. The second kappa shape index (κ2) is 7.29. The maximum atomic E-state index is 14.2. The van der Waals surface area contributed by atoms with Crippen LogP contribution in [-0.2, 0) is 4.84 Å². The van der Waals surface area contributed by atoms with E-state index in [1.54, 1.807) is 22.1 Å². The van der Waals surface area contributed by atoms with Crippen molar-refractivity contribution in [3.63, 3.8) is 0 Å². The van der Waals surface area contributed by atoms with Crippen LogP contribution < -0.4 is 20.7 Å². The second-order valence-corrected chi connectivity index (χ2v) is 8.06. The Labute approximate surface area is 177 Å². The molecule has 10 nitrogen and oxygen atoms in total. The molecule has 2 aromatic heterocycles. The van der Waals surface area contributed by atoms with Gasteiger partial charge in [-0.3, -0.25) is 9.63 Å². The summed E-state index contributed by atoms with van der Waals surface area (Å²) < 4.78 is 22.1. The van der Waals surface area contributed by atoms with Crippen LogP contribution in [0.3, 0.4) is 0 Å². The van der Waals surface area contributed by atoms with Crippen molar-refractivity contribution in [3.8, 4) is 5.88 Å². The van der Waals surface area contributed by atoms with Crippen molar-refractivity contribution in [1.29, 1.82) is 0 Å². The third kappa shape index (κ3) is 3.16. The fraction of sp³-hybridized carbons (Fsp3) is 0.450. The van der Waals surface area contributed by atoms with E-state index in [0.29, 0.717) is 48.8 Å². The summed E-state index contributed by atoms with van der Waals surface area (Å²) in [6, 6.07) is 0.966. The topological polar surface area (TPSA) is 106 Å². The van der Waals surface area contributed by atoms with Gasteiger partial charge in [0.05, 0.1) is 31.1 Å². The van der Waals surface area contributed by atoms with Gasteiger partial charge in [0.1, 0.15) is 29.5 Å². The first-order valence-electron chi connectivity index (χ1n) is 10.4. The number of halogens is 1. The lowest BCUT2D eigenvalue weighted by Gasteiger charge is -2.34. The molecule has 0 aromatic carbocycles. The van der Waals surface area contributed by atoms with Gasteiger partial charge in [-0.15, -0.1) is 0 Å². The van der Waals surface area contributed by atoms with Crippen LogP contribution in [0.4, 0.5) is 10.2 Å². The summed E-state index contributed by atoms with van der Waals surface area (Å²) in [5.41, 5.74) is 1.07. The number of anilines is 1. The van der Waals surface area contributed by atoms with Gasteiger partial charge in [-0.1, -0.05) is 0 Å². The summed E-state index contributed by atoms with van der Waals surface area (Å²) in [5.74, 6) is 0.284. The summed E-state index contributed by atoms with van der Waals surface area (Å²) in [6.07, 6.45) is 7.02. The Morgan fingerprint density at radius 1 is 1.23 bits per heavy atom. The number of nitrogens with zero attached hydrogens (tertiary/aromatic N) is 4. The van der Waals surface area contributed by atoms with Gasteiger partial charge in [0.25, 0.3) is 5.91 Å². The van der Waals surface area contributed by atoms with E-state index in [0.717, 1.165) is 12.7 Å². The quantitative estimate of drug-likeness (QED) is 0.569. The maximum absolute atomic E-state index is 14.2. The van der Waals surface area contributed by atoms with Crippen molar-refractivity contribution in [2.75, 3.05) is 25.0 Å². The molecule has 0 radical (unpaired) electrons. The molecular formula is C20H22FN7O3. The molecule has 4 aliphatic rings. The molecule has 6 rings (SSSR count). The molecule has 4 aliphatic heterocycles. The lowest BCUT2D eigenvalue weighted by atomic mass is 10.0. The second-order valence-electron chi connectivity index (χ2n) is 8.06. The molecule has 2 saturated heterocycles. The Morgan fingerprint density at radius 3 is 3.10 bits per heavy atom. The van der Waals surface area contributed by atoms with Gasteiger partial charge in [0.15, 0.2) is 0 Å². The van der Waals surface area contributed by atoms with Gasteiger partial charge in [0, 0.05) is 18.3 Å². The van der Waals surface area contributed by atoms with E-state index < -0.39 is 5.82 Å². The Morgan fingerprint density at radius 2 is 2.16 bits per heavy atom. The number of nitrogens with one attached hydrogen (secondary N) is 3. The SMILES string of the molecule is O=C1N[C@@H]2CCNCC2Oc2ncc(F)cc2[C@H]2CCON2C2C=Cn3ncc1c3N2. The molecule has 2 unspecified atom stereocenters. The van der Waals surface area contributed by atoms with Crippen molar-refractivity contribution in [1.82, 2.24) is 30.5 Å². The predicted octanol–water partition coefficient (Wildman–Crippen LogP) is 0.871. The lowest BCUT2D eigenvalue weighted by molar-refractivity contribution is -0.147. The van der Waals surface area contributed by atoms with Gasteiger partial charge in [-0.2, -0.15) is 10.2 Å². The van der Waals surface area contributed by atoms with Crippen LogP contribution in [0.15, 0.2) is 24.5 Å². The van der Waals surface area contributed by atoms with Crippen LogP contribution in [0.1, 0.15) is 34.8 Å². The number of hydrogen-bond donors (Lipinski definition) is 3. The summed E-state index contributed by atoms with van der Waals surface area (Å²) in [7, 11) is 0. The molecular weight excluding hydrogens is 405 g/mol. The van der Waals surface area contributed by atoms with Crippen LogP contribution in [0.5, 0.6) is 5.88 Å². The van der Waals surface area contributed by atoms with Crippen LogP contribution in [-0.4, -0.2) is 63.7 Å². The zero-order valence-corrected chi connectivity index (χ0v) is 16.6. The van der Waals surface area contributed by atoms with Crippen molar-refractivity contribution < 1.29 is 18.8 Å². The normalized spacial score (nSPS) is 29.8. The van der Waals surface area contributed by atoms with Gasteiger partial charge < -0.3 is 20.7 Å². The first kappa shape index (κ1) is 18.7. The molecule has 6 heterocycles. The summed E-state index contributed by atoms with van der Waals surface area (Å²) in [4.78, 5) is 23.3. The van der Waals surface area contributed by atoms with Crippen molar-refractivity contribution in [2.45, 2.75) is 37.2 Å². The average Bonchev–Trinajstić information content (AvgIpc) is 3.42. The lowest BCUT2D eigenvalue weighted by Crippen LogP contribution is -2.55. The van der Waals surface area contributed by atoms with E-state index in [2.05, 4.69) is 26.0 Å². The van der Waals surface area contributed by atoms with Gasteiger partial charge in [-0.25, -0.2) is 14.1 Å². The van der Waals surface area contributed by atoms with Crippen molar-refractivity contribution >= 4 is 17.9 Å². The van der Waals surface area contributed by atoms with E-state index in [4.69, 9.17) is 9.57 Å². The standard InChI is InChI=1S/C20H22FN7O3/c21-11-7-12-15-3-6-30-28(15)17-2-5-27-18(26-17)13(9-24-27)19(29)25-14-1-4-22-10-16(14)31-20(12)23-8-11/h2,5,7-9,14-17,22,26H,1,3-4,6,10H2,(H,25,29)/t14-,15-,16?,17?/m1/s1. The summed E-state index contributed by atoms with van der Waals surface area (Å²) in [6.45, 7) is 1.78. The smallest absolute Gasteiger partial charge is 0.257 e. The number of piperidine rings is 1. The van der Waals surface area contributed by atoms with E-state index in [9.17, 15) is 9.18 Å². The first-order valence-corrected chi connectivity index (χ1v) is 10.4. The van der Waals surface area contributed by atoms with E-state index in [1.807, 2.05) is 6.08 Å². The molecule has 0 aliphatic carbocycles. The molecule has 4 atom stereocenters. The molecule has 2 bridgehead atoms. The largest absolute Gasteiger partial charge is 0.471 e. The molecule has 3 N–H and O–H groups in total. The molecule has 1 amide bonds. The first-order chi connectivity index (χ1) is 15.2. The number of hydroxylamine groups is 2. The number of carbonyl (C=O) groups excluding carboxylic acids is 1. The van der Waals surface area contributed by atoms with Gasteiger partial charge >= 0.3 is 0 Å². The van der Waals surface area contributed by atoms with E-state index in [1.165, 1.54) is 6.07 Å². The zero-order chi connectivity index (χ0) is 20.9. The van der Waals surface area contributed by atoms with Crippen LogP contribution in [0.2, 0.25) is 0 Å². The Hall–Kier alpha value is -3.02. The highest BCUT2D eigenvalue weighted by molar-refractivity contribution is 5.99. The predicted molar refractivity (Wildman–Crippen MR) is 107 cm³/mol. The Kier molecular flexibility index (Phi) is 4.40. The highest BCUT2D eigenvalue weighted by Crippen LogP contribution is 2.38. The van der Waals surface area contributed by atoms with Crippen LogP contribution >= 0.6 is 0 Å². The highest BCUT2D eigenvalue weighted by atomic mass is 19.1. The number of aromatic nitrogens is 3. The van der Waals surface area contributed by atoms with Crippen LogP contribution in [0, 0.1) is 5.82 Å². The minimum atomic E-state index is -0.433. The average molecular weight is 427 g/mol. The monoisotopic (exact) mass is 427 g/mol. The molecule has 0 spiro atoms. The molecule has 2 aromatic rings. The molecule has 2 fully saturated rings. The van der Waals surface area contributed by atoms with Crippen molar-refractivity contribution in [2.24, 2.45) is 0 Å².